The lowest BCUT2D eigenvalue weighted by atomic mass is 9.73. The fourth-order valence-electron chi connectivity index (χ4n) is 4.93. The number of nitrogens with zero attached hydrogens (tertiary/aromatic N) is 4. The van der Waals surface area contributed by atoms with Crippen LogP contribution in [-0.4, -0.2) is 102 Å². The molecule has 2 amide bonds. The number of rotatable bonds is 9. The molecule has 2 bridgehead atoms. The van der Waals surface area contributed by atoms with E-state index >= 15 is 0 Å². The highest BCUT2D eigenvalue weighted by atomic mass is 16.6. The summed E-state index contributed by atoms with van der Waals surface area (Å²) in [6, 6.07) is 6.96. The Labute approximate surface area is 234 Å². The highest BCUT2D eigenvalue weighted by Crippen LogP contribution is 2.21. The Morgan fingerprint density at radius 3 is 2.25 bits per heavy atom. The van der Waals surface area contributed by atoms with Crippen LogP contribution in [0.4, 0.5) is 0 Å². The number of likely N-dealkylation sites (N-methyl/N-ethyl adjacent to an activating group) is 2. The van der Waals surface area contributed by atoms with E-state index in [9.17, 15) is 19.2 Å². The van der Waals surface area contributed by atoms with Gasteiger partial charge in [0, 0.05) is 31.9 Å². The number of carbonyl (C=O) groups is 4. The van der Waals surface area contributed by atoms with Crippen LogP contribution in [0.15, 0.2) is 48.9 Å². The van der Waals surface area contributed by atoms with Crippen molar-refractivity contribution < 1.29 is 28.5 Å². The molecule has 2 N–H and O–H groups in total. The summed E-state index contributed by atoms with van der Waals surface area (Å²) in [5.74, 6) is -2.92. The highest BCUT2D eigenvalue weighted by Gasteiger charge is 2.49. The molecule has 2 fully saturated rings. The van der Waals surface area contributed by atoms with Crippen LogP contribution in [0.5, 0.6) is 0 Å². The zero-order valence-corrected chi connectivity index (χ0v) is 23.1. The molecule has 1 aromatic carbocycles. The summed E-state index contributed by atoms with van der Waals surface area (Å²) < 4.78 is 11.4. The van der Waals surface area contributed by atoms with Gasteiger partial charge in [-0.25, -0.2) is 4.98 Å². The number of aromatic nitrogens is 2. The van der Waals surface area contributed by atoms with Gasteiger partial charge in [0.25, 0.3) is 5.91 Å². The zero-order valence-electron chi connectivity index (χ0n) is 23.1. The van der Waals surface area contributed by atoms with Crippen LogP contribution in [0.2, 0.25) is 0 Å². The molecule has 0 radical (unpaired) electrons. The molecule has 2 unspecified atom stereocenters. The van der Waals surface area contributed by atoms with Gasteiger partial charge >= 0.3 is 19.1 Å². The Morgan fingerprint density at radius 2 is 1.68 bits per heavy atom. The van der Waals surface area contributed by atoms with Gasteiger partial charge in [0.1, 0.15) is 23.8 Å². The largest absolute Gasteiger partial charge is 0.622 e. The van der Waals surface area contributed by atoms with Gasteiger partial charge in [-0.3, -0.25) is 29.1 Å². The minimum atomic E-state index is -1.32. The van der Waals surface area contributed by atoms with Crippen molar-refractivity contribution in [2.45, 2.75) is 50.8 Å². The molecule has 4 rings (SSSR count). The molecule has 12 nitrogen and oxygen atoms in total. The van der Waals surface area contributed by atoms with Crippen molar-refractivity contribution in [1.82, 2.24) is 30.4 Å². The van der Waals surface area contributed by atoms with Crippen molar-refractivity contribution in [2.75, 3.05) is 27.2 Å². The lowest BCUT2D eigenvalue weighted by Crippen LogP contribution is -2.66. The second-order valence-electron chi connectivity index (χ2n) is 10.7. The monoisotopic (exact) mass is 550 g/mol. The molecule has 212 valence electrons. The number of amides is 2. The maximum atomic E-state index is 13.7. The first kappa shape index (κ1) is 29.2. The number of nitrogens with one attached hydrogen (secondary N) is 2. The summed E-state index contributed by atoms with van der Waals surface area (Å²) in [6.07, 6.45) is 4.70. The van der Waals surface area contributed by atoms with Gasteiger partial charge in [-0.05, 0) is 32.0 Å². The fourth-order valence-corrected chi connectivity index (χ4v) is 4.93. The van der Waals surface area contributed by atoms with E-state index in [-0.39, 0.29) is 18.0 Å². The lowest BCUT2D eigenvalue weighted by Gasteiger charge is -2.43. The van der Waals surface area contributed by atoms with Crippen LogP contribution in [0.3, 0.4) is 0 Å². The van der Waals surface area contributed by atoms with Gasteiger partial charge < -0.3 is 24.8 Å². The van der Waals surface area contributed by atoms with Crippen molar-refractivity contribution in [1.29, 1.82) is 0 Å². The quantitative estimate of drug-likeness (QED) is 0.413. The molecule has 40 heavy (non-hydrogen) atoms. The third kappa shape index (κ3) is 7.22. The third-order valence-electron chi connectivity index (χ3n) is 7.04. The third-order valence-corrected chi connectivity index (χ3v) is 7.04. The van der Waals surface area contributed by atoms with Gasteiger partial charge in [-0.1, -0.05) is 44.2 Å². The fraction of sp³-hybridized carbons (Fsp3) is 0.481. The van der Waals surface area contributed by atoms with E-state index in [0.717, 1.165) is 5.56 Å². The molecule has 4 atom stereocenters. The van der Waals surface area contributed by atoms with Crippen LogP contribution in [0, 0.1) is 5.92 Å². The van der Waals surface area contributed by atoms with Crippen molar-refractivity contribution in [3.05, 3.63) is 60.2 Å². The van der Waals surface area contributed by atoms with Gasteiger partial charge in [-0.2, -0.15) is 0 Å². The number of benzene rings is 1. The molecule has 2 aliphatic rings. The molecule has 3 heterocycles. The lowest BCUT2D eigenvalue weighted by molar-refractivity contribution is -0.159. The highest BCUT2D eigenvalue weighted by molar-refractivity contribution is 6.51. The van der Waals surface area contributed by atoms with Gasteiger partial charge in [0.05, 0.1) is 12.1 Å². The number of hydrogen-bond donors (Lipinski definition) is 2. The Balaban J connectivity index is 1.56. The number of hydrogen-bond acceptors (Lipinski definition) is 10. The Hall–Kier alpha value is -3.84. The van der Waals surface area contributed by atoms with E-state index < -0.39 is 54.9 Å². The van der Waals surface area contributed by atoms with Gasteiger partial charge in [0.2, 0.25) is 5.91 Å². The maximum absolute atomic E-state index is 13.7. The normalized spacial score (nSPS) is 21.5. The smallest absolute Gasteiger partial charge is 0.497 e. The molecule has 13 heteroatoms. The zero-order chi connectivity index (χ0) is 28.8. The van der Waals surface area contributed by atoms with Gasteiger partial charge in [0.15, 0.2) is 0 Å². The second-order valence-corrected chi connectivity index (χ2v) is 10.7. The molecule has 2 aliphatic heterocycles. The van der Waals surface area contributed by atoms with Crippen molar-refractivity contribution in [2.24, 2.45) is 5.92 Å². The van der Waals surface area contributed by atoms with Crippen LogP contribution in [-0.2, 0) is 30.1 Å². The van der Waals surface area contributed by atoms with E-state index in [0.29, 0.717) is 19.5 Å². The van der Waals surface area contributed by atoms with Gasteiger partial charge in [-0.15, -0.1) is 0 Å². The summed E-state index contributed by atoms with van der Waals surface area (Å²) in [5.41, 5.74) is 0.891. The second kappa shape index (κ2) is 13.0. The molecule has 0 aliphatic carbocycles. The molecular weight excluding hydrogens is 515 g/mol. The standard InChI is InChI=1S/C27H35BN6O6/c1-17(2)12-23(28-39-26(37)21-15-33(3)16-22(34(21)4)27(38)40-28)32-24(35)19(13-18-8-6-5-7-9-18)31-25(36)20-14-29-10-11-30-20/h5-11,14,17,19,21-23H,12-13,15-16H2,1-4H3,(H,31,36)(H,32,35)/t19?,21-,22-,23?/m1/s1. The van der Waals surface area contributed by atoms with E-state index in [4.69, 9.17) is 9.31 Å². The summed E-state index contributed by atoms with van der Waals surface area (Å²) in [4.78, 5) is 64.4. The summed E-state index contributed by atoms with van der Waals surface area (Å²) >= 11 is 0. The molecule has 2 saturated heterocycles. The predicted molar refractivity (Wildman–Crippen MR) is 146 cm³/mol. The number of fused-ring (bicyclic) bond motifs is 2. The van der Waals surface area contributed by atoms with Crippen LogP contribution in [0.25, 0.3) is 0 Å². The average molecular weight is 550 g/mol. The van der Waals surface area contributed by atoms with Crippen molar-refractivity contribution in [3.63, 3.8) is 0 Å². The molecule has 0 saturated carbocycles. The topological polar surface area (TPSA) is 143 Å². The Kier molecular flexibility index (Phi) is 9.48. The maximum Gasteiger partial charge on any atom is 0.622 e. The average Bonchev–Trinajstić information content (AvgIpc) is 2.93. The molecule has 1 aromatic heterocycles. The van der Waals surface area contributed by atoms with E-state index in [2.05, 4.69) is 20.6 Å². The SMILES string of the molecule is CC(C)CC(NC(=O)C(Cc1ccccc1)NC(=O)c1cnccn1)B1OC(=O)[C@H]2CN(C)C[C@H](C(=O)O1)N2C. The first-order valence-electron chi connectivity index (χ1n) is 13.3. The minimum absolute atomic E-state index is 0.0585. The molecule has 0 spiro atoms. The molecule has 2 aromatic rings. The van der Waals surface area contributed by atoms with E-state index in [1.54, 1.807) is 11.9 Å². The molecular formula is C27H35BN6O6. The summed E-state index contributed by atoms with van der Waals surface area (Å²) in [5, 5.41) is 5.65. The number of carbonyl (C=O) groups excluding carboxylic acids is 4. The first-order chi connectivity index (χ1) is 19.1. The van der Waals surface area contributed by atoms with Crippen LogP contribution < -0.4 is 10.6 Å². The van der Waals surface area contributed by atoms with Crippen LogP contribution >= 0.6 is 0 Å². The number of piperazine rings is 1. The first-order valence-corrected chi connectivity index (χ1v) is 13.3. The minimum Gasteiger partial charge on any atom is -0.497 e. The predicted octanol–water partition coefficient (Wildman–Crippen LogP) is 0.0904. The Bertz CT molecular complexity index is 1170. The summed E-state index contributed by atoms with van der Waals surface area (Å²) in [6.45, 7) is 4.70. The Morgan fingerprint density at radius 1 is 1.02 bits per heavy atom. The van der Waals surface area contributed by atoms with Crippen molar-refractivity contribution >= 4 is 30.9 Å². The van der Waals surface area contributed by atoms with Crippen LogP contribution in [0.1, 0.15) is 36.3 Å². The van der Waals surface area contributed by atoms with Crippen molar-refractivity contribution in [3.8, 4) is 0 Å². The van der Waals surface area contributed by atoms with E-state index in [1.165, 1.54) is 18.6 Å². The van der Waals surface area contributed by atoms with E-state index in [1.807, 2.05) is 56.1 Å². The summed E-state index contributed by atoms with van der Waals surface area (Å²) in [7, 11) is 2.21.